The maximum absolute atomic E-state index is 13.1. The molecular formula is C25H25N5O4. The molecule has 9 heteroatoms. The number of para-hydroxylation sites is 5. The second-order valence-corrected chi connectivity index (χ2v) is 7.15. The Morgan fingerprint density at radius 3 is 1.97 bits per heavy atom. The highest BCUT2D eigenvalue weighted by atomic mass is 16.5. The zero-order valence-corrected chi connectivity index (χ0v) is 18.9. The van der Waals surface area contributed by atoms with Crippen molar-refractivity contribution in [2.45, 2.75) is 13.8 Å². The van der Waals surface area contributed by atoms with Gasteiger partial charge in [-0.15, -0.1) is 5.10 Å². The van der Waals surface area contributed by atoms with Crippen LogP contribution in [0.25, 0.3) is 10.9 Å². The van der Waals surface area contributed by atoms with E-state index in [-0.39, 0.29) is 5.82 Å². The molecule has 1 aromatic heterocycles. The summed E-state index contributed by atoms with van der Waals surface area (Å²) in [5, 5.41) is 13.3. The molecule has 0 fully saturated rings. The van der Waals surface area contributed by atoms with Gasteiger partial charge in [-0.25, -0.2) is 9.59 Å². The van der Waals surface area contributed by atoms with Gasteiger partial charge in [0.25, 0.3) is 0 Å². The molecule has 0 atom stereocenters. The predicted octanol–water partition coefficient (Wildman–Crippen LogP) is 5.56. The molecule has 3 amide bonds. The van der Waals surface area contributed by atoms with Crippen LogP contribution < -0.4 is 25.4 Å². The topological polar surface area (TPSA) is 107 Å². The summed E-state index contributed by atoms with van der Waals surface area (Å²) in [5.74, 6) is 1.36. The van der Waals surface area contributed by atoms with Crippen molar-refractivity contribution in [1.29, 1.82) is 0 Å². The molecule has 0 saturated heterocycles. The van der Waals surface area contributed by atoms with E-state index in [4.69, 9.17) is 9.47 Å². The van der Waals surface area contributed by atoms with Crippen molar-refractivity contribution < 1.29 is 19.1 Å². The van der Waals surface area contributed by atoms with Crippen LogP contribution in [0.15, 0.2) is 72.8 Å². The van der Waals surface area contributed by atoms with Crippen molar-refractivity contribution in [1.82, 2.24) is 9.78 Å². The summed E-state index contributed by atoms with van der Waals surface area (Å²) in [6, 6.07) is 20.4. The Balaban J connectivity index is 1.58. The summed E-state index contributed by atoms with van der Waals surface area (Å²) in [5.41, 5.74) is 1.59. The number of carbonyl (C=O) groups excluding carboxylic acids is 2. The van der Waals surface area contributed by atoms with E-state index in [1.54, 1.807) is 54.6 Å². The monoisotopic (exact) mass is 459 g/mol. The summed E-state index contributed by atoms with van der Waals surface area (Å²) >= 11 is 0. The quantitative estimate of drug-likeness (QED) is 0.336. The van der Waals surface area contributed by atoms with Crippen LogP contribution in [-0.4, -0.2) is 35.1 Å². The summed E-state index contributed by atoms with van der Waals surface area (Å²) in [7, 11) is 0. The third-order valence-corrected chi connectivity index (χ3v) is 4.88. The lowest BCUT2D eigenvalue weighted by atomic mass is 10.2. The highest BCUT2D eigenvalue weighted by Crippen LogP contribution is 2.27. The van der Waals surface area contributed by atoms with Crippen LogP contribution in [0.1, 0.15) is 13.8 Å². The lowest BCUT2D eigenvalue weighted by Crippen LogP contribution is -2.23. The number of fused-ring (bicyclic) bond motifs is 1. The van der Waals surface area contributed by atoms with E-state index < -0.39 is 12.1 Å². The standard InChI is InChI=1S/C25H25N5O4/c1-3-33-21-15-9-6-12-18(21)26-24(31)28-23-17-11-5-8-14-20(17)30(29-23)25(32)27-19-13-7-10-16-22(19)34-4-2/h5-16H,3-4H2,1-2H3,(H,27,32)(H2,26,28,29,31). The number of hydrogen-bond donors (Lipinski definition) is 3. The van der Waals surface area contributed by atoms with Crippen LogP contribution >= 0.6 is 0 Å². The number of nitrogens with one attached hydrogen (secondary N) is 3. The minimum absolute atomic E-state index is 0.246. The Labute approximate surface area is 196 Å². The number of hydrogen-bond acceptors (Lipinski definition) is 5. The third kappa shape index (κ3) is 4.93. The zero-order valence-electron chi connectivity index (χ0n) is 18.9. The van der Waals surface area contributed by atoms with Gasteiger partial charge >= 0.3 is 12.1 Å². The van der Waals surface area contributed by atoms with Crippen LogP contribution in [0.5, 0.6) is 11.5 Å². The normalized spacial score (nSPS) is 10.5. The lowest BCUT2D eigenvalue weighted by molar-refractivity contribution is 0.251. The highest BCUT2D eigenvalue weighted by molar-refractivity contribution is 6.07. The Morgan fingerprint density at radius 2 is 1.32 bits per heavy atom. The number of rotatable bonds is 7. The van der Waals surface area contributed by atoms with Crippen LogP contribution in [0, 0.1) is 0 Å². The molecule has 0 aliphatic carbocycles. The number of amides is 3. The molecule has 0 aliphatic heterocycles. The van der Waals surface area contributed by atoms with Gasteiger partial charge in [-0.2, -0.15) is 4.68 Å². The van der Waals surface area contributed by atoms with Gasteiger partial charge in [0, 0.05) is 5.39 Å². The van der Waals surface area contributed by atoms with Crippen LogP contribution in [0.4, 0.5) is 26.8 Å². The number of carbonyl (C=O) groups is 2. The van der Waals surface area contributed by atoms with Crippen molar-refractivity contribution in [2.75, 3.05) is 29.2 Å². The average Bonchev–Trinajstić information content (AvgIpc) is 3.20. The molecule has 0 saturated carbocycles. The van der Waals surface area contributed by atoms with Gasteiger partial charge in [-0.1, -0.05) is 36.4 Å². The number of aromatic nitrogens is 2. The molecule has 4 aromatic rings. The number of anilines is 3. The number of ether oxygens (including phenoxy) is 2. The second kappa shape index (κ2) is 10.4. The Bertz CT molecular complexity index is 1320. The molecule has 0 aliphatic rings. The first kappa shape index (κ1) is 22.7. The maximum Gasteiger partial charge on any atom is 0.347 e. The fourth-order valence-corrected chi connectivity index (χ4v) is 3.45. The molecule has 3 N–H and O–H groups in total. The van der Waals surface area contributed by atoms with Crippen LogP contribution in [0.2, 0.25) is 0 Å². The molecular weight excluding hydrogens is 434 g/mol. The second-order valence-electron chi connectivity index (χ2n) is 7.15. The molecule has 9 nitrogen and oxygen atoms in total. The van der Waals surface area contributed by atoms with Crippen LogP contribution in [0.3, 0.4) is 0 Å². The summed E-state index contributed by atoms with van der Waals surface area (Å²) < 4.78 is 12.3. The lowest BCUT2D eigenvalue weighted by Gasteiger charge is -2.11. The Morgan fingerprint density at radius 1 is 0.765 bits per heavy atom. The van der Waals surface area contributed by atoms with Gasteiger partial charge in [-0.3, -0.25) is 5.32 Å². The third-order valence-electron chi connectivity index (χ3n) is 4.88. The molecule has 4 rings (SSSR count). The first-order chi connectivity index (χ1) is 16.6. The fourth-order valence-electron chi connectivity index (χ4n) is 3.45. The minimum Gasteiger partial charge on any atom is -0.492 e. The van der Waals surface area contributed by atoms with Crippen molar-refractivity contribution >= 4 is 40.2 Å². The number of nitrogens with zero attached hydrogens (tertiary/aromatic N) is 2. The van der Waals surface area contributed by atoms with Crippen molar-refractivity contribution in [3.63, 3.8) is 0 Å². The maximum atomic E-state index is 13.1. The average molecular weight is 460 g/mol. The SMILES string of the molecule is CCOc1ccccc1NC(=O)Nc1nn(C(=O)Nc2ccccc2OCC)c2ccccc12. The summed E-state index contributed by atoms with van der Waals surface area (Å²) in [4.78, 5) is 25.8. The predicted molar refractivity (Wildman–Crippen MR) is 132 cm³/mol. The van der Waals surface area contributed by atoms with Crippen LogP contribution in [-0.2, 0) is 0 Å². The molecule has 34 heavy (non-hydrogen) atoms. The summed E-state index contributed by atoms with van der Waals surface area (Å²) in [6.45, 7) is 4.67. The van der Waals surface area contributed by atoms with E-state index in [0.29, 0.717) is 47.0 Å². The smallest absolute Gasteiger partial charge is 0.347 e. The number of urea groups is 1. The zero-order chi connectivity index (χ0) is 23.9. The minimum atomic E-state index is -0.510. The van der Waals surface area contributed by atoms with Crippen molar-refractivity contribution in [3.05, 3.63) is 72.8 Å². The van der Waals surface area contributed by atoms with Gasteiger partial charge in [0.1, 0.15) is 11.5 Å². The van der Waals surface area contributed by atoms with E-state index >= 15 is 0 Å². The first-order valence-corrected chi connectivity index (χ1v) is 10.9. The largest absolute Gasteiger partial charge is 0.492 e. The van der Waals surface area contributed by atoms with Gasteiger partial charge in [0.15, 0.2) is 5.82 Å². The van der Waals surface area contributed by atoms with E-state index in [1.807, 2.05) is 32.0 Å². The highest BCUT2D eigenvalue weighted by Gasteiger charge is 2.18. The van der Waals surface area contributed by atoms with Crippen molar-refractivity contribution in [3.8, 4) is 11.5 Å². The fraction of sp³-hybridized carbons (Fsp3) is 0.160. The van der Waals surface area contributed by atoms with E-state index in [1.165, 1.54) is 4.68 Å². The molecule has 0 spiro atoms. The Kier molecular flexibility index (Phi) is 6.92. The first-order valence-electron chi connectivity index (χ1n) is 10.9. The van der Waals surface area contributed by atoms with Gasteiger partial charge in [-0.05, 0) is 50.2 Å². The van der Waals surface area contributed by atoms with E-state index in [0.717, 1.165) is 0 Å². The van der Waals surface area contributed by atoms with E-state index in [2.05, 4.69) is 21.0 Å². The van der Waals surface area contributed by atoms with E-state index in [9.17, 15) is 9.59 Å². The molecule has 3 aromatic carbocycles. The molecule has 1 heterocycles. The van der Waals surface area contributed by atoms with Gasteiger partial charge in [0.05, 0.1) is 30.1 Å². The Hall–Kier alpha value is -4.53. The van der Waals surface area contributed by atoms with Gasteiger partial charge in [0.2, 0.25) is 0 Å². The van der Waals surface area contributed by atoms with Crippen molar-refractivity contribution in [2.24, 2.45) is 0 Å². The molecule has 174 valence electrons. The number of benzene rings is 3. The molecule has 0 radical (unpaired) electrons. The molecule has 0 unspecified atom stereocenters. The molecule has 0 bridgehead atoms. The van der Waals surface area contributed by atoms with Gasteiger partial charge < -0.3 is 20.1 Å². The summed E-state index contributed by atoms with van der Waals surface area (Å²) in [6.07, 6.45) is 0.